The number of rotatable bonds is 3. The molecule has 0 saturated carbocycles. The van der Waals surface area contributed by atoms with E-state index in [2.05, 4.69) is 4.98 Å². The van der Waals surface area contributed by atoms with Crippen LogP contribution in [0.4, 0.5) is 13.2 Å². The van der Waals surface area contributed by atoms with Crippen molar-refractivity contribution >= 4 is 0 Å². The largest absolute Gasteiger partial charge is 0.417 e. The van der Waals surface area contributed by atoms with E-state index >= 15 is 0 Å². The summed E-state index contributed by atoms with van der Waals surface area (Å²) in [4.78, 5) is 4.10. The van der Waals surface area contributed by atoms with E-state index in [4.69, 9.17) is 5.26 Å². The van der Waals surface area contributed by atoms with Gasteiger partial charge in [-0.2, -0.15) is 18.4 Å². The van der Waals surface area contributed by atoms with Gasteiger partial charge in [0, 0.05) is 24.5 Å². The van der Waals surface area contributed by atoms with Gasteiger partial charge in [-0.05, 0) is 23.8 Å². The molecule has 3 aromatic rings. The predicted octanol–water partition coefficient (Wildman–Crippen LogP) is 4.49. The van der Waals surface area contributed by atoms with Gasteiger partial charge in [0.25, 0.3) is 0 Å². The average molecular weight is 327 g/mol. The molecule has 0 spiro atoms. The Bertz CT molecular complexity index is 904. The van der Waals surface area contributed by atoms with E-state index in [0.717, 1.165) is 11.6 Å². The molecule has 0 fully saturated rings. The minimum Gasteiger partial charge on any atom is -0.327 e. The van der Waals surface area contributed by atoms with Crippen molar-refractivity contribution in [2.75, 3.05) is 0 Å². The number of benzene rings is 2. The van der Waals surface area contributed by atoms with Crippen LogP contribution in [0.25, 0.3) is 11.4 Å². The first kappa shape index (κ1) is 15.8. The summed E-state index contributed by atoms with van der Waals surface area (Å²) in [6.45, 7) is 0.330. The molecule has 3 nitrogen and oxygen atoms in total. The molecule has 0 aliphatic heterocycles. The minimum absolute atomic E-state index is 0.0337. The van der Waals surface area contributed by atoms with Crippen LogP contribution < -0.4 is 0 Å². The first-order chi connectivity index (χ1) is 11.5. The molecule has 1 heterocycles. The third-order valence-electron chi connectivity index (χ3n) is 3.60. The summed E-state index contributed by atoms with van der Waals surface area (Å²) in [5.41, 5.74) is 0.636. The molecule has 0 aliphatic carbocycles. The Balaban J connectivity index is 2.02. The molecule has 3 rings (SSSR count). The molecular weight excluding hydrogens is 315 g/mol. The number of aromatic nitrogens is 2. The average Bonchev–Trinajstić information content (AvgIpc) is 3.02. The van der Waals surface area contributed by atoms with E-state index in [-0.39, 0.29) is 11.4 Å². The SMILES string of the molecule is N#Cc1cccc(Cn2ccnc2-c2ccccc2C(F)(F)F)c1. The fourth-order valence-electron chi connectivity index (χ4n) is 2.54. The smallest absolute Gasteiger partial charge is 0.327 e. The number of nitriles is 1. The maximum atomic E-state index is 13.2. The first-order valence-corrected chi connectivity index (χ1v) is 7.16. The normalized spacial score (nSPS) is 11.2. The summed E-state index contributed by atoms with van der Waals surface area (Å²) in [7, 11) is 0. The van der Waals surface area contributed by atoms with E-state index in [1.54, 1.807) is 35.0 Å². The molecule has 0 atom stereocenters. The standard InChI is InChI=1S/C18H12F3N3/c19-18(20,21)16-7-2-1-6-15(16)17-23-8-9-24(17)12-14-5-3-4-13(10-14)11-22/h1-10H,12H2. The number of hydrogen-bond donors (Lipinski definition) is 0. The van der Waals surface area contributed by atoms with Crippen LogP contribution in [0.15, 0.2) is 60.9 Å². The lowest BCUT2D eigenvalue weighted by Gasteiger charge is -2.14. The minimum atomic E-state index is -4.45. The van der Waals surface area contributed by atoms with Gasteiger partial charge in [0.15, 0.2) is 0 Å². The molecule has 0 aliphatic rings. The quantitative estimate of drug-likeness (QED) is 0.711. The van der Waals surface area contributed by atoms with Crippen LogP contribution >= 0.6 is 0 Å². The zero-order chi connectivity index (χ0) is 17.2. The number of halogens is 3. The maximum Gasteiger partial charge on any atom is 0.417 e. The Hall–Kier alpha value is -3.07. The number of hydrogen-bond acceptors (Lipinski definition) is 2. The summed E-state index contributed by atoms with van der Waals surface area (Å²) >= 11 is 0. The summed E-state index contributed by atoms with van der Waals surface area (Å²) < 4.78 is 41.3. The zero-order valence-electron chi connectivity index (χ0n) is 12.5. The fraction of sp³-hybridized carbons (Fsp3) is 0.111. The summed E-state index contributed by atoms with van der Waals surface area (Å²) in [6.07, 6.45) is -1.35. The van der Waals surface area contributed by atoms with Crippen LogP contribution in [0.5, 0.6) is 0 Å². The van der Waals surface area contributed by atoms with Gasteiger partial charge in [-0.25, -0.2) is 4.98 Å². The summed E-state index contributed by atoms with van der Waals surface area (Å²) in [5.74, 6) is 0.241. The van der Waals surface area contributed by atoms with Crippen molar-refractivity contribution < 1.29 is 13.2 Å². The van der Waals surface area contributed by atoms with Gasteiger partial charge >= 0.3 is 6.18 Å². The van der Waals surface area contributed by atoms with Gasteiger partial charge in [0.05, 0.1) is 17.2 Å². The Kier molecular flexibility index (Phi) is 4.09. The van der Waals surface area contributed by atoms with E-state index in [1.807, 2.05) is 12.1 Å². The molecule has 0 N–H and O–H groups in total. The lowest BCUT2D eigenvalue weighted by Crippen LogP contribution is -2.09. The number of alkyl halides is 3. The highest BCUT2D eigenvalue weighted by molar-refractivity contribution is 5.61. The molecule has 120 valence electrons. The van der Waals surface area contributed by atoms with E-state index in [1.165, 1.54) is 18.3 Å². The van der Waals surface area contributed by atoms with Crippen molar-refractivity contribution in [2.45, 2.75) is 12.7 Å². The summed E-state index contributed by atoms with van der Waals surface area (Å²) in [6, 6.07) is 14.4. The summed E-state index contributed by atoms with van der Waals surface area (Å²) in [5, 5.41) is 8.95. The van der Waals surface area contributed by atoms with E-state index in [0.29, 0.717) is 12.1 Å². The van der Waals surface area contributed by atoms with Crippen LogP contribution in [0, 0.1) is 11.3 Å². The molecule has 0 amide bonds. The van der Waals surface area contributed by atoms with Gasteiger partial charge in [-0.15, -0.1) is 0 Å². The lowest BCUT2D eigenvalue weighted by atomic mass is 10.1. The second-order valence-electron chi connectivity index (χ2n) is 5.23. The second-order valence-corrected chi connectivity index (χ2v) is 5.23. The van der Waals surface area contributed by atoms with Crippen LogP contribution in [0.1, 0.15) is 16.7 Å². The topological polar surface area (TPSA) is 41.6 Å². The zero-order valence-corrected chi connectivity index (χ0v) is 12.5. The Labute approximate surface area is 136 Å². The highest BCUT2D eigenvalue weighted by Crippen LogP contribution is 2.36. The van der Waals surface area contributed by atoms with Crippen LogP contribution in [-0.2, 0) is 12.7 Å². The molecule has 6 heteroatoms. The van der Waals surface area contributed by atoms with E-state index < -0.39 is 11.7 Å². The van der Waals surface area contributed by atoms with Crippen LogP contribution in [-0.4, -0.2) is 9.55 Å². The molecule has 0 saturated heterocycles. The Morgan fingerprint density at radius 3 is 2.62 bits per heavy atom. The van der Waals surface area contributed by atoms with Crippen molar-refractivity contribution in [3.8, 4) is 17.5 Å². The third-order valence-corrected chi connectivity index (χ3v) is 3.60. The van der Waals surface area contributed by atoms with Gasteiger partial charge in [-0.3, -0.25) is 0 Å². The predicted molar refractivity (Wildman–Crippen MR) is 82.9 cm³/mol. The molecule has 24 heavy (non-hydrogen) atoms. The maximum absolute atomic E-state index is 13.2. The molecule has 0 bridgehead atoms. The second kappa shape index (κ2) is 6.20. The number of imidazole rings is 1. The molecule has 1 aromatic heterocycles. The van der Waals surface area contributed by atoms with Crippen molar-refractivity contribution in [1.29, 1.82) is 5.26 Å². The molecule has 0 radical (unpaired) electrons. The highest BCUT2D eigenvalue weighted by Gasteiger charge is 2.34. The van der Waals surface area contributed by atoms with Crippen molar-refractivity contribution in [3.05, 3.63) is 77.6 Å². The van der Waals surface area contributed by atoms with E-state index in [9.17, 15) is 13.2 Å². The third kappa shape index (κ3) is 3.15. The van der Waals surface area contributed by atoms with Crippen molar-refractivity contribution in [1.82, 2.24) is 9.55 Å². The number of nitrogens with zero attached hydrogens (tertiary/aromatic N) is 3. The highest BCUT2D eigenvalue weighted by atomic mass is 19.4. The van der Waals surface area contributed by atoms with Crippen LogP contribution in [0.2, 0.25) is 0 Å². The Morgan fingerprint density at radius 1 is 1.08 bits per heavy atom. The Morgan fingerprint density at radius 2 is 1.88 bits per heavy atom. The van der Waals surface area contributed by atoms with Gasteiger partial charge < -0.3 is 4.57 Å². The fourth-order valence-corrected chi connectivity index (χ4v) is 2.54. The van der Waals surface area contributed by atoms with Crippen molar-refractivity contribution in [3.63, 3.8) is 0 Å². The van der Waals surface area contributed by atoms with Gasteiger partial charge in [-0.1, -0.05) is 30.3 Å². The van der Waals surface area contributed by atoms with Gasteiger partial charge in [0.1, 0.15) is 5.82 Å². The van der Waals surface area contributed by atoms with Gasteiger partial charge in [0.2, 0.25) is 0 Å². The molecular formula is C18H12F3N3. The molecule has 2 aromatic carbocycles. The molecule has 0 unspecified atom stereocenters. The first-order valence-electron chi connectivity index (χ1n) is 7.16. The monoisotopic (exact) mass is 327 g/mol. The van der Waals surface area contributed by atoms with Crippen LogP contribution in [0.3, 0.4) is 0 Å². The van der Waals surface area contributed by atoms with Crippen molar-refractivity contribution in [2.24, 2.45) is 0 Å². The lowest BCUT2D eigenvalue weighted by molar-refractivity contribution is -0.137.